The quantitative estimate of drug-likeness (QED) is 0.700. The molecule has 0 fully saturated rings. The van der Waals surface area contributed by atoms with Crippen molar-refractivity contribution in [2.24, 2.45) is 7.05 Å². The predicted octanol–water partition coefficient (Wildman–Crippen LogP) is 3.57. The maximum atomic E-state index is 4.40. The number of hydrogen-bond acceptors (Lipinski definition) is 6. The van der Waals surface area contributed by atoms with Gasteiger partial charge >= 0.3 is 0 Å². The van der Waals surface area contributed by atoms with E-state index in [1.807, 2.05) is 32.4 Å². The fraction of sp³-hybridized carbons (Fsp3) is 0.500. The van der Waals surface area contributed by atoms with E-state index in [9.17, 15) is 0 Å². The van der Waals surface area contributed by atoms with Crippen LogP contribution in [-0.4, -0.2) is 53.1 Å². The van der Waals surface area contributed by atoms with Gasteiger partial charge in [0.1, 0.15) is 0 Å². The zero-order chi connectivity index (χ0) is 20.7. The van der Waals surface area contributed by atoms with Crippen molar-refractivity contribution in [1.82, 2.24) is 34.4 Å². The lowest BCUT2D eigenvalue weighted by atomic mass is 10.2. The average molecular weight is 385 g/mol. The minimum absolute atomic E-state index is 0.513. The van der Waals surface area contributed by atoms with E-state index in [0.717, 1.165) is 23.7 Å². The van der Waals surface area contributed by atoms with E-state index in [0.29, 0.717) is 18.0 Å². The summed E-state index contributed by atoms with van der Waals surface area (Å²) < 4.78 is 3.43. The van der Waals surface area contributed by atoms with E-state index in [4.69, 9.17) is 0 Å². The first kappa shape index (κ1) is 21.6. The maximum absolute atomic E-state index is 4.40. The van der Waals surface area contributed by atoms with Gasteiger partial charge < -0.3 is 5.32 Å². The third-order valence-electron chi connectivity index (χ3n) is 4.25. The van der Waals surface area contributed by atoms with Crippen LogP contribution in [0.5, 0.6) is 0 Å². The van der Waals surface area contributed by atoms with Gasteiger partial charge in [-0.1, -0.05) is 6.92 Å². The maximum Gasteiger partial charge on any atom is 0.229 e. The van der Waals surface area contributed by atoms with Crippen LogP contribution in [0.2, 0.25) is 0 Å². The van der Waals surface area contributed by atoms with Crippen molar-refractivity contribution in [2.45, 2.75) is 53.6 Å². The summed E-state index contributed by atoms with van der Waals surface area (Å²) in [5.41, 5.74) is 1.79. The third-order valence-corrected chi connectivity index (χ3v) is 4.25. The summed E-state index contributed by atoms with van der Waals surface area (Å²) in [4.78, 5) is 11.0. The fourth-order valence-corrected chi connectivity index (χ4v) is 3.02. The second-order valence-corrected chi connectivity index (χ2v) is 7.19. The Morgan fingerprint density at radius 3 is 2.32 bits per heavy atom. The first-order valence-corrected chi connectivity index (χ1v) is 9.67. The molecule has 0 radical (unpaired) electrons. The van der Waals surface area contributed by atoms with Gasteiger partial charge in [0.05, 0.1) is 17.6 Å². The zero-order valence-electron chi connectivity index (χ0n) is 18.0. The highest BCUT2D eigenvalue weighted by Crippen LogP contribution is 2.12. The Balaban J connectivity index is 0.000000266. The summed E-state index contributed by atoms with van der Waals surface area (Å²) in [7, 11) is 1.86. The SMILES string of the molecule is CCN(C(C)C)C(C)C.Cc1ccn(-c2ccnc(Nc3cnn(C)c3)n2)n1. The molecule has 28 heavy (non-hydrogen) atoms. The van der Waals surface area contributed by atoms with E-state index in [1.165, 1.54) is 0 Å². The van der Waals surface area contributed by atoms with Gasteiger partial charge in [0.15, 0.2) is 5.82 Å². The molecular weight excluding hydrogens is 352 g/mol. The monoisotopic (exact) mass is 384 g/mol. The topological polar surface area (TPSA) is 76.7 Å². The summed E-state index contributed by atoms with van der Waals surface area (Å²) in [6.07, 6.45) is 7.13. The van der Waals surface area contributed by atoms with Crippen LogP contribution in [0.1, 0.15) is 40.3 Å². The molecule has 3 heterocycles. The highest BCUT2D eigenvalue weighted by Gasteiger charge is 2.09. The molecule has 8 nitrogen and oxygen atoms in total. The molecule has 0 saturated heterocycles. The van der Waals surface area contributed by atoms with Crippen molar-refractivity contribution in [2.75, 3.05) is 11.9 Å². The second-order valence-electron chi connectivity index (χ2n) is 7.19. The summed E-state index contributed by atoms with van der Waals surface area (Å²) >= 11 is 0. The summed E-state index contributed by atoms with van der Waals surface area (Å²) in [5, 5.41) is 11.5. The Morgan fingerprint density at radius 2 is 1.86 bits per heavy atom. The molecule has 152 valence electrons. The number of aromatic nitrogens is 6. The van der Waals surface area contributed by atoms with Gasteiger partial charge in [0.2, 0.25) is 5.95 Å². The number of hydrogen-bond donors (Lipinski definition) is 1. The van der Waals surface area contributed by atoms with E-state index in [-0.39, 0.29) is 0 Å². The van der Waals surface area contributed by atoms with E-state index in [1.54, 1.807) is 27.8 Å². The van der Waals surface area contributed by atoms with Gasteiger partial charge in [0, 0.05) is 43.8 Å². The molecule has 3 aromatic heterocycles. The molecule has 0 bridgehead atoms. The summed E-state index contributed by atoms with van der Waals surface area (Å²) in [6.45, 7) is 14.3. The van der Waals surface area contributed by atoms with Crippen LogP contribution in [0, 0.1) is 6.92 Å². The number of nitrogens with one attached hydrogen (secondary N) is 1. The number of nitrogens with zero attached hydrogens (tertiary/aromatic N) is 7. The second kappa shape index (κ2) is 9.98. The molecule has 0 atom stereocenters. The Kier molecular flexibility index (Phi) is 7.69. The Bertz CT molecular complexity index is 841. The minimum atomic E-state index is 0.513. The molecule has 8 heteroatoms. The third kappa shape index (κ3) is 6.16. The molecule has 0 aliphatic rings. The van der Waals surface area contributed by atoms with Crippen LogP contribution in [0.3, 0.4) is 0 Å². The van der Waals surface area contributed by atoms with Crippen LogP contribution in [0.4, 0.5) is 11.6 Å². The van der Waals surface area contributed by atoms with Crippen molar-refractivity contribution >= 4 is 11.6 Å². The van der Waals surface area contributed by atoms with Gasteiger partial charge in [0.25, 0.3) is 0 Å². The highest BCUT2D eigenvalue weighted by molar-refractivity contribution is 5.50. The van der Waals surface area contributed by atoms with Gasteiger partial charge in [-0.2, -0.15) is 15.2 Å². The van der Waals surface area contributed by atoms with E-state index < -0.39 is 0 Å². The first-order valence-electron chi connectivity index (χ1n) is 9.67. The van der Waals surface area contributed by atoms with Crippen molar-refractivity contribution < 1.29 is 0 Å². The molecule has 0 amide bonds. The van der Waals surface area contributed by atoms with Crippen molar-refractivity contribution in [3.05, 3.63) is 42.6 Å². The van der Waals surface area contributed by atoms with Crippen LogP contribution in [0.25, 0.3) is 5.82 Å². The molecule has 0 aliphatic heterocycles. The smallest absolute Gasteiger partial charge is 0.229 e. The molecule has 0 spiro atoms. The van der Waals surface area contributed by atoms with Gasteiger partial charge in [-0.3, -0.25) is 9.58 Å². The van der Waals surface area contributed by atoms with Crippen LogP contribution >= 0.6 is 0 Å². The summed E-state index contributed by atoms with van der Waals surface area (Å²) in [6, 6.07) is 5.11. The number of aryl methyl sites for hydroxylation is 2. The first-order chi connectivity index (χ1) is 13.3. The lowest BCUT2D eigenvalue weighted by molar-refractivity contribution is 0.185. The van der Waals surface area contributed by atoms with Crippen molar-refractivity contribution in [3.8, 4) is 5.82 Å². The lowest BCUT2D eigenvalue weighted by Crippen LogP contribution is -2.36. The van der Waals surface area contributed by atoms with Crippen molar-refractivity contribution in [3.63, 3.8) is 0 Å². The average Bonchev–Trinajstić information content (AvgIpc) is 3.24. The van der Waals surface area contributed by atoms with Crippen LogP contribution in [-0.2, 0) is 7.05 Å². The van der Waals surface area contributed by atoms with Crippen LogP contribution < -0.4 is 5.32 Å². The molecule has 0 unspecified atom stereocenters. The minimum Gasteiger partial charge on any atom is -0.321 e. The molecule has 3 rings (SSSR count). The van der Waals surface area contributed by atoms with Gasteiger partial charge in [-0.15, -0.1) is 0 Å². The molecule has 0 saturated carbocycles. The Morgan fingerprint density at radius 1 is 1.14 bits per heavy atom. The lowest BCUT2D eigenvalue weighted by Gasteiger charge is -2.28. The molecule has 3 aromatic rings. The number of rotatable bonds is 6. The Labute approximate surface area is 167 Å². The highest BCUT2D eigenvalue weighted by atomic mass is 15.3. The normalized spacial score (nSPS) is 11.1. The predicted molar refractivity (Wildman–Crippen MR) is 113 cm³/mol. The van der Waals surface area contributed by atoms with Gasteiger partial charge in [-0.25, -0.2) is 9.67 Å². The van der Waals surface area contributed by atoms with E-state index >= 15 is 0 Å². The van der Waals surface area contributed by atoms with Crippen molar-refractivity contribution in [1.29, 1.82) is 0 Å². The molecule has 1 N–H and O–H groups in total. The van der Waals surface area contributed by atoms with Gasteiger partial charge in [-0.05, 0) is 47.2 Å². The zero-order valence-corrected chi connectivity index (χ0v) is 18.0. The Hall–Kier alpha value is -2.74. The molecular formula is C20H32N8. The fourth-order valence-electron chi connectivity index (χ4n) is 3.02. The molecule has 0 aromatic carbocycles. The standard InChI is InChI=1S/C12H13N7.C8H19N/c1-9-4-6-19(17-9)11-3-5-13-12(16-11)15-10-7-14-18(2)8-10;1-6-9(7(2)3)8(4)5/h3-8H,1-2H3,(H,13,15,16);7-8H,6H2,1-5H3. The number of anilines is 2. The van der Waals surface area contributed by atoms with E-state index in [2.05, 4.69) is 65.0 Å². The largest absolute Gasteiger partial charge is 0.321 e. The summed E-state index contributed by atoms with van der Waals surface area (Å²) in [5.74, 6) is 1.23. The van der Waals surface area contributed by atoms with Crippen LogP contribution in [0.15, 0.2) is 36.9 Å². The molecule has 0 aliphatic carbocycles.